The van der Waals surface area contributed by atoms with E-state index >= 15 is 0 Å². The monoisotopic (exact) mass is 278 g/mol. The maximum atomic E-state index is 11.6. The van der Waals surface area contributed by atoms with E-state index in [2.05, 4.69) is 4.74 Å². The Morgan fingerprint density at radius 1 is 1.18 bits per heavy atom. The highest BCUT2D eigenvalue weighted by Crippen LogP contribution is 1.99. The van der Waals surface area contributed by atoms with Crippen LogP contribution < -0.4 is 0 Å². The van der Waals surface area contributed by atoms with Gasteiger partial charge in [-0.3, -0.25) is 14.5 Å². The number of hydrogen-bond donors (Lipinski definition) is 1. The van der Waals surface area contributed by atoms with Gasteiger partial charge in [-0.1, -0.05) is 12.2 Å². The minimum atomic E-state index is -0.514. The van der Waals surface area contributed by atoms with Crippen molar-refractivity contribution < 1.29 is 19.4 Å². The van der Waals surface area contributed by atoms with E-state index in [9.17, 15) is 9.59 Å². The van der Waals surface area contributed by atoms with E-state index in [0.717, 1.165) is 9.80 Å². The van der Waals surface area contributed by atoms with Crippen molar-refractivity contribution in [1.29, 1.82) is 0 Å². The van der Waals surface area contributed by atoms with Crippen LogP contribution in [-0.2, 0) is 14.3 Å². The number of carbonyl (C=O) groups excluding carboxylic acids is 2. The summed E-state index contributed by atoms with van der Waals surface area (Å²) in [5.74, 6) is -1.02. The van der Waals surface area contributed by atoms with Gasteiger partial charge in [0, 0.05) is 14.1 Å². The highest BCUT2D eigenvalue weighted by molar-refractivity contribution is 7.80. The molecule has 0 saturated heterocycles. The van der Waals surface area contributed by atoms with Crippen molar-refractivity contribution in [3.63, 3.8) is 0 Å². The van der Waals surface area contributed by atoms with Crippen molar-refractivity contribution in [1.82, 2.24) is 9.80 Å². The number of ether oxygens (including phenoxy) is 1. The summed E-state index contributed by atoms with van der Waals surface area (Å²) in [6, 6.07) is 0. The van der Waals surface area contributed by atoms with E-state index in [-0.39, 0.29) is 10.2 Å². The van der Waals surface area contributed by atoms with Crippen LogP contribution in [0.4, 0.5) is 0 Å². The van der Waals surface area contributed by atoms with E-state index < -0.39 is 24.8 Å². The summed E-state index contributed by atoms with van der Waals surface area (Å²) in [6.45, 7) is -0.419. The number of amides is 2. The number of nitrogens with zero attached hydrogens (tertiary/aromatic N) is 2. The molecule has 0 unspecified atom stereocenters. The molecule has 0 aromatic rings. The zero-order chi connectivity index (χ0) is 13.6. The van der Waals surface area contributed by atoms with Gasteiger partial charge >= 0.3 is 0 Å². The van der Waals surface area contributed by atoms with Crippen LogP contribution in [0.3, 0.4) is 0 Å². The lowest BCUT2D eigenvalue weighted by Crippen LogP contribution is -2.39. The van der Waals surface area contributed by atoms with Gasteiger partial charge < -0.3 is 14.7 Å². The first-order valence-electron chi connectivity index (χ1n) is 4.59. The van der Waals surface area contributed by atoms with Gasteiger partial charge in [0.05, 0.1) is 13.7 Å². The summed E-state index contributed by atoms with van der Waals surface area (Å²) < 4.78 is 4.69. The molecule has 0 bridgehead atoms. The molecule has 0 aliphatic carbocycles. The first kappa shape index (κ1) is 15.9. The number of carbonyl (C=O) groups is 2. The van der Waals surface area contributed by atoms with E-state index in [4.69, 9.17) is 29.5 Å². The van der Waals surface area contributed by atoms with Crippen LogP contribution in [0.25, 0.3) is 0 Å². The smallest absolute Gasteiger partial charge is 0.265 e. The van der Waals surface area contributed by atoms with Gasteiger partial charge in [-0.05, 0) is 12.2 Å². The van der Waals surface area contributed by atoms with Gasteiger partial charge in [0.2, 0.25) is 11.8 Å². The molecule has 96 valence electrons. The summed E-state index contributed by atoms with van der Waals surface area (Å²) in [4.78, 5) is 25.3. The molecule has 0 atom stereocenters. The molecule has 1 N–H and O–H groups in total. The zero-order valence-electron chi connectivity index (χ0n) is 9.80. The number of thiocarbonyl (C=S) groups is 2. The van der Waals surface area contributed by atoms with Crippen molar-refractivity contribution in [3.05, 3.63) is 0 Å². The van der Waals surface area contributed by atoms with Gasteiger partial charge in [-0.25, -0.2) is 0 Å². The van der Waals surface area contributed by atoms with Crippen molar-refractivity contribution in [2.75, 3.05) is 27.8 Å². The maximum absolute atomic E-state index is 11.6. The Bertz CT molecular complexity index is 314. The topological polar surface area (TPSA) is 70.1 Å². The summed E-state index contributed by atoms with van der Waals surface area (Å²) >= 11 is 9.47. The number of methoxy groups -OCH3 is 1. The Balaban J connectivity index is 4.44. The number of aliphatic hydroxyl groups excluding tert-OH is 1. The van der Waals surface area contributed by atoms with Crippen LogP contribution in [0, 0.1) is 0 Å². The first-order valence-corrected chi connectivity index (χ1v) is 5.41. The highest BCUT2D eigenvalue weighted by Gasteiger charge is 2.21. The van der Waals surface area contributed by atoms with Crippen LogP contribution in [0.1, 0.15) is 6.42 Å². The molecule has 0 rings (SSSR count). The summed E-state index contributed by atoms with van der Waals surface area (Å²) in [6.07, 6.45) is -0.392. The normalized spacial score (nSPS) is 9.41. The van der Waals surface area contributed by atoms with Gasteiger partial charge in [-0.15, -0.1) is 0 Å². The Hall–Kier alpha value is -1.12. The van der Waals surface area contributed by atoms with Crippen LogP contribution >= 0.6 is 24.4 Å². The van der Waals surface area contributed by atoms with Crippen LogP contribution in [-0.4, -0.2) is 64.7 Å². The van der Waals surface area contributed by atoms with E-state index in [1.807, 2.05) is 0 Å². The molecule has 0 saturated carbocycles. The minimum Gasteiger partial charge on any atom is -0.474 e. The molecule has 0 fully saturated rings. The lowest BCUT2D eigenvalue weighted by Gasteiger charge is -2.19. The summed E-state index contributed by atoms with van der Waals surface area (Å²) in [5.41, 5.74) is 0. The lowest BCUT2D eigenvalue weighted by atomic mass is 10.3. The van der Waals surface area contributed by atoms with Gasteiger partial charge in [0.1, 0.15) is 11.4 Å². The van der Waals surface area contributed by atoms with Crippen LogP contribution in [0.5, 0.6) is 0 Å². The quantitative estimate of drug-likeness (QED) is 0.557. The minimum absolute atomic E-state index is 0.0183. The first-order chi connectivity index (χ1) is 7.84. The molecule has 0 heterocycles. The number of hydrogen-bond acceptors (Lipinski definition) is 6. The maximum Gasteiger partial charge on any atom is 0.265 e. The molecule has 6 nitrogen and oxygen atoms in total. The molecule has 0 aromatic heterocycles. The molecule has 17 heavy (non-hydrogen) atoms. The molecule has 0 aliphatic heterocycles. The third-order valence-electron chi connectivity index (χ3n) is 2.01. The van der Waals surface area contributed by atoms with Crippen molar-refractivity contribution >= 4 is 46.4 Å². The summed E-state index contributed by atoms with van der Waals surface area (Å²) in [7, 11) is 4.13. The second-order valence-electron chi connectivity index (χ2n) is 3.10. The molecular weight excluding hydrogens is 264 g/mol. The second kappa shape index (κ2) is 7.25. The predicted molar refractivity (Wildman–Crippen MR) is 69.4 cm³/mol. The third-order valence-corrected chi connectivity index (χ3v) is 2.85. The van der Waals surface area contributed by atoms with Crippen molar-refractivity contribution in [2.45, 2.75) is 6.42 Å². The number of rotatable bonds is 3. The Labute approximate surface area is 110 Å². The van der Waals surface area contributed by atoms with E-state index in [0.29, 0.717) is 0 Å². The fraction of sp³-hybridized carbons (Fsp3) is 0.556. The average Bonchev–Trinajstić information content (AvgIpc) is 2.34. The molecule has 2 amide bonds. The van der Waals surface area contributed by atoms with Crippen molar-refractivity contribution in [2.24, 2.45) is 0 Å². The SMILES string of the molecule is COC(=S)N(C)C(=O)CC(=O)N(C)C(=S)CO. The standard InChI is InChI=1S/C9H14N2O4S2/c1-10(8(16)5-12)6(13)4-7(14)11(2)9(17)15-3/h12H,4-5H2,1-3H3. The molecule has 0 radical (unpaired) electrons. The Morgan fingerprint density at radius 2 is 1.65 bits per heavy atom. The second-order valence-corrected chi connectivity index (χ2v) is 3.92. The molecule has 0 spiro atoms. The number of likely N-dealkylation sites (N-methyl/N-ethyl adjacent to an activating group) is 1. The molecule has 0 aliphatic rings. The summed E-state index contributed by atoms with van der Waals surface area (Å²) in [5, 5.41) is 8.73. The fourth-order valence-electron chi connectivity index (χ4n) is 0.850. The Morgan fingerprint density at radius 3 is 2.06 bits per heavy atom. The third kappa shape index (κ3) is 4.72. The largest absolute Gasteiger partial charge is 0.474 e. The molecule has 0 aromatic carbocycles. The van der Waals surface area contributed by atoms with E-state index in [1.54, 1.807) is 0 Å². The predicted octanol–water partition coefficient (Wildman–Crippen LogP) is -0.456. The molecule has 8 heteroatoms. The van der Waals surface area contributed by atoms with Gasteiger partial charge in [0.15, 0.2) is 0 Å². The zero-order valence-corrected chi connectivity index (χ0v) is 11.4. The van der Waals surface area contributed by atoms with E-state index in [1.165, 1.54) is 21.2 Å². The highest BCUT2D eigenvalue weighted by atomic mass is 32.1. The average molecular weight is 278 g/mol. The fourth-order valence-corrected chi connectivity index (χ4v) is 1.05. The van der Waals surface area contributed by atoms with Crippen LogP contribution in [0.2, 0.25) is 0 Å². The number of aliphatic hydroxyl groups is 1. The van der Waals surface area contributed by atoms with Crippen LogP contribution in [0.15, 0.2) is 0 Å². The Kier molecular flexibility index (Phi) is 6.78. The van der Waals surface area contributed by atoms with Gasteiger partial charge in [0.25, 0.3) is 5.17 Å². The molecular formula is C9H14N2O4S2. The van der Waals surface area contributed by atoms with Gasteiger partial charge in [-0.2, -0.15) is 0 Å². The lowest BCUT2D eigenvalue weighted by molar-refractivity contribution is -0.135. The van der Waals surface area contributed by atoms with Crippen molar-refractivity contribution in [3.8, 4) is 0 Å².